The minimum absolute atomic E-state index is 0. The number of benzene rings is 1. The summed E-state index contributed by atoms with van der Waals surface area (Å²) in [5.41, 5.74) is 0. The third-order valence-electron chi connectivity index (χ3n) is 1.30. The molecule has 0 aliphatic rings. The number of rotatable bonds is 0. The zero-order chi connectivity index (χ0) is 12.6. The summed E-state index contributed by atoms with van der Waals surface area (Å²) in [6.45, 7) is 9.00. The van der Waals surface area contributed by atoms with Crippen LogP contribution in [0.1, 0.15) is 0 Å². The maximum Gasteiger partial charge on any atom is 6.00 e. The summed E-state index contributed by atoms with van der Waals surface area (Å²) in [5.74, 6) is 0. The van der Waals surface area contributed by atoms with Gasteiger partial charge in [-0.1, -0.05) is 30.3 Å². The Bertz CT molecular complexity index is 331. The van der Waals surface area contributed by atoms with Gasteiger partial charge in [0.05, 0.1) is 0 Å². The topological polar surface area (TPSA) is 39.8 Å². The van der Waals surface area contributed by atoms with Gasteiger partial charge in [0.25, 0.3) is 0 Å². The SMILES string of the molecule is [C-]#[O+].[C-]#[O+].[Fe+6].[S-]c1ccccc1.c1cc[cH-]c1. The first-order valence-electron chi connectivity index (χ1n) is 4.19. The van der Waals surface area contributed by atoms with E-state index in [1.54, 1.807) is 0 Å². The van der Waals surface area contributed by atoms with Crippen LogP contribution in [0.3, 0.4) is 0 Å². The molecule has 0 heterocycles. The summed E-state index contributed by atoms with van der Waals surface area (Å²) in [4.78, 5) is 0.905. The molecule has 0 spiro atoms. The van der Waals surface area contributed by atoms with Gasteiger partial charge >= 0.3 is 39.7 Å². The van der Waals surface area contributed by atoms with Gasteiger partial charge in [-0.25, -0.2) is 12.1 Å². The Hall–Kier alpha value is -1.21. The summed E-state index contributed by atoms with van der Waals surface area (Å²) in [6.07, 6.45) is 0. The second kappa shape index (κ2) is 20.2. The van der Waals surface area contributed by atoms with Crippen molar-refractivity contribution in [2.75, 3.05) is 0 Å². The molecule has 0 N–H and O–H groups in total. The van der Waals surface area contributed by atoms with Gasteiger partial charge in [-0.15, -0.1) is 0 Å². The van der Waals surface area contributed by atoms with E-state index in [-0.39, 0.29) is 17.1 Å². The molecule has 0 aliphatic heterocycles. The molecular formula is C13H10FeO2S+4. The van der Waals surface area contributed by atoms with E-state index < -0.39 is 0 Å². The first-order chi connectivity index (χ1) is 7.89. The van der Waals surface area contributed by atoms with Gasteiger partial charge in [-0.3, -0.25) is 0 Å². The third-order valence-corrected chi connectivity index (χ3v) is 1.57. The van der Waals surface area contributed by atoms with Crippen molar-refractivity contribution in [1.82, 2.24) is 0 Å². The molecule has 0 fully saturated rings. The summed E-state index contributed by atoms with van der Waals surface area (Å²) in [7, 11) is 0. The van der Waals surface area contributed by atoms with Crippen molar-refractivity contribution in [1.29, 1.82) is 0 Å². The van der Waals surface area contributed by atoms with E-state index in [4.69, 9.17) is 21.9 Å². The van der Waals surface area contributed by atoms with Gasteiger partial charge in [-0.05, 0) is 0 Å². The Kier molecular flexibility index (Phi) is 25.1. The normalized spacial score (nSPS) is 6.12. The largest absolute Gasteiger partial charge is 6.00 e. The van der Waals surface area contributed by atoms with E-state index in [1.165, 1.54) is 0 Å². The van der Waals surface area contributed by atoms with Gasteiger partial charge in [0, 0.05) is 0 Å². The van der Waals surface area contributed by atoms with Crippen molar-refractivity contribution >= 4 is 12.6 Å². The van der Waals surface area contributed by atoms with Crippen molar-refractivity contribution in [3.8, 4) is 0 Å². The summed E-state index contributed by atoms with van der Waals surface area (Å²) < 4.78 is 15.0. The standard InChI is InChI=1S/C6H6S.C5H5.2CO.Fe/c7-6-4-2-1-3-5-6;1-2-4-5-3-1;2*1-2;/h1-5,7H;1-5H;;;/q;-1;;;+6/p-1. The Morgan fingerprint density at radius 3 is 1.41 bits per heavy atom. The predicted octanol–water partition coefficient (Wildman–Crippen LogP) is 2.92. The van der Waals surface area contributed by atoms with E-state index in [0.717, 1.165) is 4.90 Å². The van der Waals surface area contributed by atoms with Crippen LogP contribution in [0, 0.1) is 13.3 Å². The predicted molar refractivity (Wildman–Crippen MR) is 62.0 cm³/mol. The molecule has 17 heavy (non-hydrogen) atoms. The molecule has 0 saturated carbocycles. The molecule has 2 rings (SSSR count). The fraction of sp³-hybridized carbons (Fsp3) is 0. The van der Waals surface area contributed by atoms with Crippen molar-refractivity contribution in [2.24, 2.45) is 0 Å². The third kappa shape index (κ3) is 17.4. The molecule has 0 radical (unpaired) electrons. The van der Waals surface area contributed by atoms with Crippen LogP contribution in [0.4, 0.5) is 0 Å². The van der Waals surface area contributed by atoms with Crippen molar-refractivity contribution in [2.45, 2.75) is 4.90 Å². The molecular weight excluding hydrogens is 276 g/mol. The first-order valence-corrected chi connectivity index (χ1v) is 4.60. The fourth-order valence-corrected chi connectivity index (χ4v) is 0.898. The summed E-state index contributed by atoms with van der Waals surface area (Å²) in [5, 5.41) is 0. The summed E-state index contributed by atoms with van der Waals surface area (Å²) in [6, 6.07) is 19.6. The second-order valence-corrected chi connectivity index (χ2v) is 2.75. The molecule has 0 unspecified atom stereocenters. The van der Waals surface area contributed by atoms with E-state index >= 15 is 0 Å². The Labute approximate surface area is 118 Å². The molecule has 2 aromatic carbocycles. The van der Waals surface area contributed by atoms with Gasteiger partial charge in [0.2, 0.25) is 0 Å². The molecule has 0 bridgehead atoms. The van der Waals surface area contributed by atoms with Gasteiger partial charge in [0.15, 0.2) is 0 Å². The molecule has 84 valence electrons. The first kappa shape index (κ1) is 21.1. The van der Waals surface area contributed by atoms with Crippen LogP contribution in [-0.2, 0) is 39.0 Å². The molecule has 0 aliphatic carbocycles. The molecule has 2 aromatic rings. The minimum atomic E-state index is 0. The van der Waals surface area contributed by atoms with Crippen LogP contribution in [0.2, 0.25) is 0 Å². The van der Waals surface area contributed by atoms with E-state index in [9.17, 15) is 0 Å². The molecule has 4 heteroatoms. The minimum Gasteiger partial charge on any atom is -0.780 e. The van der Waals surface area contributed by atoms with Crippen LogP contribution in [0.15, 0.2) is 65.6 Å². The second-order valence-electron chi connectivity index (χ2n) is 2.28. The smallest absolute Gasteiger partial charge is 0.780 e. The van der Waals surface area contributed by atoms with Crippen LogP contribution < -0.4 is 0 Å². The van der Waals surface area contributed by atoms with Crippen LogP contribution in [0.5, 0.6) is 0 Å². The maximum atomic E-state index is 7.50. The van der Waals surface area contributed by atoms with Crippen molar-refractivity contribution < 1.29 is 26.4 Å². The van der Waals surface area contributed by atoms with Crippen molar-refractivity contribution in [3.05, 3.63) is 74.0 Å². The van der Waals surface area contributed by atoms with Gasteiger partial charge < -0.3 is 12.6 Å². The Morgan fingerprint density at radius 1 is 0.824 bits per heavy atom. The Balaban J connectivity index is -0.000000175. The quantitative estimate of drug-likeness (QED) is 0.318. The zero-order valence-corrected chi connectivity index (χ0v) is 10.8. The average molecular weight is 286 g/mol. The zero-order valence-electron chi connectivity index (χ0n) is 8.85. The van der Waals surface area contributed by atoms with E-state index in [2.05, 4.69) is 13.3 Å². The molecule has 0 atom stereocenters. The number of hydrogen-bond donors (Lipinski definition) is 0. The van der Waals surface area contributed by atoms with Gasteiger partial charge in [0.1, 0.15) is 0 Å². The van der Waals surface area contributed by atoms with E-state index in [1.807, 2.05) is 60.7 Å². The number of hydrogen-bond acceptors (Lipinski definition) is 1. The van der Waals surface area contributed by atoms with Crippen molar-refractivity contribution in [3.63, 3.8) is 0 Å². The molecule has 2 nitrogen and oxygen atoms in total. The van der Waals surface area contributed by atoms with Crippen LogP contribution >= 0.6 is 0 Å². The monoisotopic (exact) mass is 286 g/mol. The fourth-order valence-electron chi connectivity index (χ4n) is 0.741. The maximum absolute atomic E-state index is 7.50. The molecule has 0 amide bonds. The van der Waals surface area contributed by atoms with Crippen LogP contribution in [-0.4, -0.2) is 0 Å². The van der Waals surface area contributed by atoms with E-state index in [0.29, 0.717) is 0 Å². The average Bonchev–Trinajstić information content (AvgIpc) is 2.94. The summed E-state index contributed by atoms with van der Waals surface area (Å²) >= 11 is 4.81. The Morgan fingerprint density at radius 2 is 1.24 bits per heavy atom. The van der Waals surface area contributed by atoms with Crippen LogP contribution in [0.25, 0.3) is 0 Å². The van der Waals surface area contributed by atoms with Gasteiger partial charge in [-0.2, -0.15) is 23.1 Å². The molecule has 0 saturated heterocycles. The molecule has 0 aromatic heterocycles.